The average molecular weight is 430 g/mol. The molecule has 0 radical (unpaired) electrons. The van der Waals surface area contributed by atoms with Crippen LogP contribution in [-0.2, 0) is 16.4 Å². The molecular formula is C19H23N7O3S. The summed E-state index contributed by atoms with van der Waals surface area (Å²) in [5, 5.41) is 15.6. The van der Waals surface area contributed by atoms with E-state index in [0.29, 0.717) is 18.5 Å². The lowest BCUT2D eigenvalue weighted by Gasteiger charge is -2.18. The van der Waals surface area contributed by atoms with Crippen LogP contribution >= 0.6 is 0 Å². The minimum atomic E-state index is -3.00. The predicted octanol–water partition coefficient (Wildman–Crippen LogP) is 1.11. The van der Waals surface area contributed by atoms with Gasteiger partial charge in [0.15, 0.2) is 9.84 Å². The zero-order valence-electron chi connectivity index (χ0n) is 17.1. The summed E-state index contributed by atoms with van der Waals surface area (Å²) in [4.78, 5) is 14.5. The van der Waals surface area contributed by atoms with Crippen LogP contribution in [0, 0.1) is 13.8 Å². The molecule has 0 N–H and O–H groups in total. The number of aromatic nitrogens is 6. The van der Waals surface area contributed by atoms with Gasteiger partial charge in [-0.15, -0.1) is 5.10 Å². The van der Waals surface area contributed by atoms with E-state index in [1.165, 1.54) is 11.0 Å². The zero-order chi connectivity index (χ0) is 21.5. The lowest BCUT2D eigenvalue weighted by atomic mass is 10.1. The van der Waals surface area contributed by atoms with Crippen LogP contribution in [0.5, 0.6) is 0 Å². The summed E-state index contributed by atoms with van der Waals surface area (Å²) >= 11 is 0. The lowest BCUT2D eigenvalue weighted by molar-refractivity contribution is 0.0784. The number of nitrogens with zero attached hydrogens (tertiary/aromatic N) is 7. The molecule has 11 heteroatoms. The molecule has 2 aromatic heterocycles. The van der Waals surface area contributed by atoms with E-state index in [2.05, 4.69) is 20.6 Å². The highest BCUT2D eigenvalue weighted by atomic mass is 32.2. The van der Waals surface area contributed by atoms with E-state index in [1.807, 2.05) is 18.5 Å². The molecular weight excluding hydrogens is 406 g/mol. The van der Waals surface area contributed by atoms with Gasteiger partial charge < -0.3 is 4.90 Å². The van der Waals surface area contributed by atoms with Gasteiger partial charge in [-0.2, -0.15) is 5.10 Å². The van der Waals surface area contributed by atoms with Crippen LogP contribution in [0.3, 0.4) is 0 Å². The van der Waals surface area contributed by atoms with E-state index in [4.69, 9.17) is 0 Å². The Morgan fingerprint density at radius 3 is 2.57 bits per heavy atom. The van der Waals surface area contributed by atoms with Crippen molar-refractivity contribution in [3.63, 3.8) is 0 Å². The Morgan fingerprint density at radius 2 is 1.97 bits per heavy atom. The van der Waals surface area contributed by atoms with Gasteiger partial charge in [-0.25, -0.2) is 13.1 Å². The van der Waals surface area contributed by atoms with Crippen molar-refractivity contribution in [1.82, 2.24) is 34.9 Å². The standard InChI is InChI=1S/C19H23N7O3S/c1-13-18(14(2)26(21-13)17-8-9-30(28,29)11-17)10-24(3)19(27)15-4-6-16(7-5-15)25-12-20-22-23-25/h4-7,12,17H,8-11H2,1-3H3. The quantitative estimate of drug-likeness (QED) is 0.596. The van der Waals surface area contributed by atoms with Crippen LogP contribution in [0.25, 0.3) is 5.69 Å². The predicted molar refractivity (Wildman–Crippen MR) is 109 cm³/mol. The van der Waals surface area contributed by atoms with Crippen LogP contribution in [0.15, 0.2) is 30.6 Å². The fourth-order valence-corrected chi connectivity index (χ4v) is 5.51. The molecule has 1 saturated heterocycles. The number of carbonyl (C=O) groups excluding carboxylic acids is 1. The second-order valence-corrected chi connectivity index (χ2v) is 9.84. The molecule has 1 aliphatic heterocycles. The summed E-state index contributed by atoms with van der Waals surface area (Å²) in [7, 11) is -1.25. The second-order valence-electron chi connectivity index (χ2n) is 7.61. The highest BCUT2D eigenvalue weighted by Crippen LogP contribution is 2.27. The largest absolute Gasteiger partial charge is 0.337 e. The van der Waals surface area contributed by atoms with Crippen LogP contribution in [0.2, 0.25) is 0 Å². The molecule has 4 rings (SSSR count). The van der Waals surface area contributed by atoms with Gasteiger partial charge >= 0.3 is 0 Å². The number of amides is 1. The van der Waals surface area contributed by atoms with Crippen molar-refractivity contribution < 1.29 is 13.2 Å². The van der Waals surface area contributed by atoms with Crippen LogP contribution in [0.1, 0.15) is 39.8 Å². The first-order valence-electron chi connectivity index (χ1n) is 9.59. The first kappa shape index (κ1) is 20.2. The van der Waals surface area contributed by atoms with Crippen molar-refractivity contribution in [1.29, 1.82) is 0 Å². The van der Waals surface area contributed by atoms with Gasteiger partial charge in [-0.05, 0) is 55.0 Å². The van der Waals surface area contributed by atoms with Gasteiger partial charge in [-0.3, -0.25) is 9.48 Å². The number of benzene rings is 1. The third-order valence-corrected chi connectivity index (χ3v) is 7.25. The van der Waals surface area contributed by atoms with Crippen LogP contribution in [0.4, 0.5) is 0 Å². The summed E-state index contributed by atoms with van der Waals surface area (Å²) in [5.41, 5.74) is 3.98. The topological polar surface area (TPSA) is 116 Å². The third kappa shape index (κ3) is 3.84. The molecule has 0 aliphatic carbocycles. The molecule has 1 atom stereocenters. The van der Waals surface area contributed by atoms with Gasteiger partial charge in [-0.1, -0.05) is 0 Å². The van der Waals surface area contributed by atoms with Gasteiger partial charge in [0, 0.05) is 30.4 Å². The van der Waals surface area contributed by atoms with Gasteiger partial charge in [0.05, 0.1) is 28.9 Å². The number of rotatable bonds is 5. The van der Waals surface area contributed by atoms with Crippen molar-refractivity contribution in [2.45, 2.75) is 32.9 Å². The second kappa shape index (κ2) is 7.63. The maximum Gasteiger partial charge on any atom is 0.253 e. The van der Waals surface area contributed by atoms with Crippen LogP contribution < -0.4 is 0 Å². The zero-order valence-corrected chi connectivity index (χ0v) is 17.9. The van der Waals surface area contributed by atoms with E-state index < -0.39 is 9.84 Å². The summed E-state index contributed by atoms with van der Waals surface area (Å²) in [6.45, 7) is 4.21. The molecule has 1 amide bonds. The number of carbonyl (C=O) groups is 1. The molecule has 0 spiro atoms. The molecule has 10 nitrogen and oxygen atoms in total. The summed E-state index contributed by atoms with van der Waals surface area (Å²) < 4.78 is 27.0. The number of tetrazole rings is 1. The van der Waals surface area contributed by atoms with Gasteiger partial charge in [0.1, 0.15) is 6.33 Å². The minimum Gasteiger partial charge on any atom is -0.337 e. The Hall–Kier alpha value is -3.08. The monoisotopic (exact) mass is 429 g/mol. The molecule has 158 valence electrons. The number of hydrogen-bond acceptors (Lipinski definition) is 7. The maximum atomic E-state index is 12.9. The molecule has 3 aromatic rings. The van der Waals surface area contributed by atoms with E-state index >= 15 is 0 Å². The maximum absolute atomic E-state index is 12.9. The Kier molecular flexibility index (Phi) is 5.14. The Morgan fingerprint density at radius 1 is 1.23 bits per heavy atom. The fourth-order valence-electron chi connectivity index (χ4n) is 3.82. The molecule has 1 aliphatic rings. The molecule has 1 unspecified atom stereocenters. The number of sulfone groups is 1. The minimum absolute atomic E-state index is 0.117. The van der Waals surface area contributed by atoms with Crippen molar-refractivity contribution >= 4 is 15.7 Å². The van der Waals surface area contributed by atoms with E-state index in [1.54, 1.807) is 36.2 Å². The van der Waals surface area contributed by atoms with Crippen molar-refractivity contribution in [2.24, 2.45) is 0 Å². The average Bonchev–Trinajstić information content (AvgIpc) is 3.43. The first-order chi connectivity index (χ1) is 14.2. The highest BCUT2D eigenvalue weighted by Gasteiger charge is 2.31. The Bertz CT molecular complexity index is 1170. The van der Waals surface area contributed by atoms with E-state index in [0.717, 1.165) is 22.6 Å². The van der Waals surface area contributed by atoms with E-state index in [9.17, 15) is 13.2 Å². The SMILES string of the molecule is Cc1nn(C2CCS(=O)(=O)C2)c(C)c1CN(C)C(=O)c1ccc(-n2cnnn2)cc1. The molecule has 1 fully saturated rings. The summed E-state index contributed by atoms with van der Waals surface area (Å²) in [6, 6.07) is 6.91. The molecule has 3 heterocycles. The Labute approximate surface area is 174 Å². The van der Waals surface area contributed by atoms with E-state index in [-0.39, 0.29) is 23.5 Å². The smallest absolute Gasteiger partial charge is 0.253 e. The highest BCUT2D eigenvalue weighted by molar-refractivity contribution is 7.91. The summed E-state index contributed by atoms with van der Waals surface area (Å²) in [6.07, 6.45) is 2.06. The number of aryl methyl sites for hydroxylation is 1. The van der Waals surface area contributed by atoms with Crippen molar-refractivity contribution in [3.05, 3.63) is 53.1 Å². The Balaban J connectivity index is 1.50. The van der Waals surface area contributed by atoms with Crippen molar-refractivity contribution in [3.8, 4) is 5.69 Å². The van der Waals surface area contributed by atoms with Gasteiger partial charge in [0.25, 0.3) is 5.91 Å². The number of hydrogen-bond donors (Lipinski definition) is 0. The fraction of sp³-hybridized carbons (Fsp3) is 0.421. The molecule has 0 saturated carbocycles. The third-order valence-electron chi connectivity index (χ3n) is 5.50. The first-order valence-corrected chi connectivity index (χ1v) is 11.4. The van der Waals surface area contributed by atoms with Crippen LogP contribution in [-0.4, -0.2) is 67.8 Å². The molecule has 30 heavy (non-hydrogen) atoms. The normalized spacial score (nSPS) is 17.9. The van der Waals surface area contributed by atoms with Crippen molar-refractivity contribution in [2.75, 3.05) is 18.6 Å². The van der Waals surface area contributed by atoms with Gasteiger partial charge in [0.2, 0.25) is 0 Å². The molecule has 0 bridgehead atoms. The lowest BCUT2D eigenvalue weighted by Crippen LogP contribution is -2.26. The molecule has 1 aromatic carbocycles. The summed E-state index contributed by atoms with van der Waals surface area (Å²) in [5.74, 6) is 0.203.